The molecule has 0 saturated heterocycles. The van der Waals surface area contributed by atoms with Crippen LogP contribution in [-0.4, -0.2) is 16.6 Å². The summed E-state index contributed by atoms with van der Waals surface area (Å²) in [5.41, 5.74) is 2.04. The Morgan fingerprint density at radius 2 is 1.71 bits per heavy atom. The molecular weight excluding hydrogens is 204 g/mol. The number of rotatable bonds is 6. The Balaban J connectivity index is 4.12. The zero-order valence-corrected chi connectivity index (χ0v) is 12.7. The van der Waals surface area contributed by atoms with Crippen LogP contribution in [0.5, 0.6) is 0 Å². The maximum atomic E-state index is 6.28. The molecule has 0 aromatic heterocycles. The fraction of sp³-hybridized carbons (Fsp3) is 0.818. The van der Waals surface area contributed by atoms with Gasteiger partial charge in [-0.15, -0.1) is 6.58 Å². The topological polar surface area (TPSA) is 9.23 Å². The third-order valence-corrected chi connectivity index (χ3v) is 9.15. The van der Waals surface area contributed by atoms with E-state index in [1.54, 1.807) is 0 Å². The van der Waals surface area contributed by atoms with Gasteiger partial charge in [-0.05, 0) is 38.2 Å². The van der Waals surface area contributed by atoms with Gasteiger partial charge in [0.2, 0.25) is 0 Å². The first kappa shape index (κ1) is 14.1. The van der Waals surface area contributed by atoms with Crippen LogP contribution in [-0.2, 0) is 4.12 Å². The van der Waals surface area contributed by atoms with Gasteiger partial charge in [-0.3, -0.25) is 0 Å². The molecule has 0 unspecified atom stereocenters. The summed E-state index contributed by atoms with van der Waals surface area (Å²) < 4.78 is 6.28. The number of hydrogen-bond donors (Lipinski definition) is 0. The van der Waals surface area contributed by atoms with Crippen LogP contribution in [0.2, 0.25) is 32.2 Å². The highest BCUT2D eigenvalue weighted by Crippen LogP contribution is 2.22. The van der Waals surface area contributed by atoms with Crippen LogP contribution in [0.25, 0.3) is 0 Å². The van der Waals surface area contributed by atoms with Gasteiger partial charge >= 0.3 is 0 Å². The predicted molar refractivity (Wildman–Crippen MR) is 70.5 cm³/mol. The van der Waals surface area contributed by atoms with Crippen LogP contribution >= 0.6 is 0 Å². The largest absolute Gasteiger partial charge is 0.453 e. The van der Waals surface area contributed by atoms with Crippen LogP contribution in [0.4, 0.5) is 0 Å². The monoisotopic (exact) mass is 230 g/mol. The van der Waals surface area contributed by atoms with E-state index in [4.69, 9.17) is 4.12 Å². The van der Waals surface area contributed by atoms with Crippen molar-refractivity contribution in [2.45, 2.75) is 52.5 Å². The van der Waals surface area contributed by atoms with Crippen molar-refractivity contribution in [3.8, 4) is 0 Å². The van der Waals surface area contributed by atoms with Crippen LogP contribution in [0, 0.1) is 5.92 Å². The summed E-state index contributed by atoms with van der Waals surface area (Å²) in [6, 6.07) is 1.27. The Morgan fingerprint density at radius 3 is 2.07 bits per heavy atom. The molecule has 3 heteroatoms. The van der Waals surface area contributed by atoms with Crippen molar-refractivity contribution in [2.75, 3.05) is 0 Å². The smallest absolute Gasteiger partial charge is 0.197 e. The van der Waals surface area contributed by atoms with E-state index < -0.39 is 16.6 Å². The highest BCUT2D eigenvalue weighted by molar-refractivity contribution is 6.87. The van der Waals surface area contributed by atoms with Crippen molar-refractivity contribution in [2.24, 2.45) is 5.92 Å². The van der Waals surface area contributed by atoms with Crippen molar-refractivity contribution in [3.05, 3.63) is 12.3 Å². The average Bonchev–Trinajstić information content (AvgIpc) is 1.99. The van der Waals surface area contributed by atoms with Gasteiger partial charge in [0.1, 0.15) is 0 Å². The molecule has 0 bridgehead atoms. The summed E-state index contributed by atoms with van der Waals surface area (Å²) >= 11 is 0. The molecule has 0 saturated carbocycles. The van der Waals surface area contributed by atoms with Gasteiger partial charge in [0.15, 0.2) is 16.6 Å². The lowest BCUT2D eigenvalue weighted by Gasteiger charge is -2.32. The SMILES string of the molecule is C=C[Si](C)(C)O[Si](C)(C)CCC(C)C. The van der Waals surface area contributed by atoms with Crippen LogP contribution in [0.3, 0.4) is 0 Å². The molecule has 0 fully saturated rings. The highest BCUT2D eigenvalue weighted by Gasteiger charge is 2.30. The second-order valence-electron chi connectivity index (χ2n) is 5.60. The molecule has 0 radical (unpaired) electrons. The van der Waals surface area contributed by atoms with E-state index in [1.165, 1.54) is 12.5 Å². The summed E-state index contributed by atoms with van der Waals surface area (Å²) in [4.78, 5) is 0. The van der Waals surface area contributed by atoms with Crippen molar-refractivity contribution < 1.29 is 4.12 Å². The van der Waals surface area contributed by atoms with Gasteiger partial charge in [-0.25, -0.2) is 0 Å². The third-order valence-electron chi connectivity index (χ3n) is 2.35. The first-order valence-corrected chi connectivity index (χ1v) is 11.6. The summed E-state index contributed by atoms with van der Waals surface area (Å²) in [7, 11) is -2.99. The molecule has 0 aliphatic rings. The van der Waals surface area contributed by atoms with Crippen LogP contribution in [0.15, 0.2) is 12.3 Å². The standard InChI is InChI=1S/C11H26OSi2/c1-8-13(4,5)12-14(6,7)10-9-11(2)3/h8,11H,1,9-10H2,2-7H3. The van der Waals surface area contributed by atoms with E-state index in [-0.39, 0.29) is 0 Å². The lowest BCUT2D eigenvalue weighted by Crippen LogP contribution is -2.43. The number of hydrogen-bond acceptors (Lipinski definition) is 1. The van der Waals surface area contributed by atoms with Crippen LogP contribution in [0.1, 0.15) is 20.3 Å². The van der Waals surface area contributed by atoms with E-state index in [9.17, 15) is 0 Å². The summed E-state index contributed by atoms with van der Waals surface area (Å²) in [6.07, 6.45) is 1.29. The second kappa shape index (κ2) is 5.28. The molecule has 0 rings (SSSR count). The molecular formula is C11H26OSi2. The normalized spacial score (nSPS) is 13.4. The third kappa shape index (κ3) is 6.57. The Labute approximate surface area is 91.8 Å². The van der Waals surface area contributed by atoms with Crippen LogP contribution < -0.4 is 0 Å². The molecule has 0 aliphatic carbocycles. The summed E-state index contributed by atoms with van der Waals surface area (Å²) in [5.74, 6) is 0.791. The minimum absolute atomic E-state index is 0.791. The zero-order valence-electron chi connectivity index (χ0n) is 10.7. The minimum atomic E-state index is -1.56. The fourth-order valence-corrected chi connectivity index (χ4v) is 9.15. The second-order valence-corrected chi connectivity index (χ2v) is 14.1. The maximum absolute atomic E-state index is 6.28. The molecule has 1 nitrogen and oxygen atoms in total. The highest BCUT2D eigenvalue weighted by atomic mass is 28.4. The zero-order chi connectivity index (χ0) is 11.4. The maximum Gasteiger partial charge on any atom is 0.197 e. The molecule has 0 N–H and O–H groups in total. The van der Waals surface area contributed by atoms with E-state index in [0.29, 0.717) is 0 Å². The summed E-state index contributed by atoms with van der Waals surface area (Å²) in [6.45, 7) is 17.5. The molecule has 0 amide bonds. The first-order valence-electron chi connectivity index (χ1n) is 5.52. The quantitative estimate of drug-likeness (QED) is 0.622. The lowest BCUT2D eigenvalue weighted by molar-refractivity contribution is 0.529. The van der Waals surface area contributed by atoms with Crippen molar-refractivity contribution in [1.29, 1.82) is 0 Å². The van der Waals surface area contributed by atoms with E-state index in [0.717, 1.165) is 5.92 Å². The van der Waals surface area contributed by atoms with E-state index in [2.05, 4.69) is 46.6 Å². The Hall–Kier alpha value is 0.134. The summed E-state index contributed by atoms with van der Waals surface area (Å²) in [5, 5.41) is 0. The molecule has 0 spiro atoms. The predicted octanol–water partition coefficient (Wildman–Crippen LogP) is 4.18. The molecule has 14 heavy (non-hydrogen) atoms. The molecule has 84 valence electrons. The molecule has 0 aromatic rings. The Bertz CT molecular complexity index is 186. The van der Waals surface area contributed by atoms with E-state index in [1.807, 2.05) is 5.70 Å². The van der Waals surface area contributed by atoms with Crippen molar-refractivity contribution in [1.82, 2.24) is 0 Å². The Morgan fingerprint density at radius 1 is 1.21 bits per heavy atom. The average molecular weight is 230 g/mol. The fourth-order valence-electron chi connectivity index (χ4n) is 1.44. The van der Waals surface area contributed by atoms with Gasteiger partial charge in [0, 0.05) is 0 Å². The molecule has 0 atom stereocenters. The molecule has 0 aromatic carbocycles. The molecule has 0 heterocycles. The Kier molecular flexibility index (Phi) is 5.33. The molecule has 0 aliphatic heterocycles. The van der Waals surface area contributed by atoms with Gasteiger partial charge < -0.3 is 4.12 Å². The lowest BCUT2D eigenvalue weighted by atomic mass is 10.2. The van der Waals surface area contributed by atoms with E-state index >= 15 is 0 Å². The van der Waals surface area contributed by atoms with Gasteiger partial charge in [0.25, 0.3) is 0 Å². The van der Waals surface area contributed by atoms with Gasteiger partial charge in [-0.1, -0.05) is 26.0 Å². The van der Waals surface area contributed by atoms with Gasteiger partial charge in [0.05, 0.1) is 0 Å². The minimum Gasteiger partial charge on any atom is -0.453 e. The van der Waals surface area contributed by atoms with Gasteiger partial charge in [-0.2, -0.15) is 0 Å². The first-order chi connectivity index (χ1) is 6.18. The van der Waals surface area contributed by atoms with Crippen molar-refractivity contribution >= 4 is 16.6 Å². The van der Waals surface area contributed by atoms with Crippen molar-refractivity contribution in [3.63, 3.8) is 0 Å².